The molecule has 1 saturated heterocycles. The maximum Gasteiger partial charge on any atom is 0.328 e. The lowest BCUT2D eigenvalue weighted by Crippen LogP contribution is -2.55. The number of urea groups is 1. The predicted octanol–water partition coefficient (Wildman–Crippen LogP) is -0.0220. The van der Waals surface area contributed by atoms with Crippen molar-refractivity contribution in [2.24, 2.45) is 0 Å². The molecule has 1 aliphatic rings. The highest BCUT2D eigenvalue weighted by Crippen LogP contribution is 2.08. The van der Waals surface area contributed by atoms with Crippen molar-refractivity contribution >= 4 is 12.0 Å². The molecule has 1 aromatic heterocycles. The summed E-state index contributed by atoms with van der Waals surface area (Å²) in [5.74, 6) is -0.0492. The second-order valence-electron chi connectivity index (χ2n) is 4.15. The molecule has 0 radical (unpaired) electrons. The number of aryl methyl sites for hydroxylation is 1. The number of morpholine rings is 1. The molecule has 19 heavy (non-hydrogen) atoms. The van der Waals surface area contributed by atoms with Gasteiger partial charge in [-0.25, -0.2) is 14.6 Å². The predicted molar refractivity (Wildman–Crippen MR) is 62.4 cm³/mol. The third-order valence-corrected chi connectivity index (χ3v) is 2.73. The van der Waals surface area contributed by atoms with Gasteiger partial charge in [0.15, 0.2) is 6.04 Å². The van der Waals surface area contributed by atoms with Crippen LogP contribution in [-0.2, 0) is 16.1 Å². The standard InChI is InChI=1S/C11H15N3O5/c1-7-4-12-9(19-7)5-13-11(17)14-2-3-18-6-8(14)10(15)16/h4,8H,2-3,5-6H2,1H3,(H,13,17)(H,15,16). The van der Waals surface area contributed by atoms with Crippen LogP contribution in [0, 0.1) is 6.92 Å². The molecule has 2 amide bonds. The van der Waals surface area contributed by atoms with Crippen LogP contribution < -0.4 is 5.32 Å². The molecule has 2 heterocycles. The van der Waals surface area contributed by atoms with Crippen molar-refractivity contribution in [1.29, 1.82) is 0 Å². The second-order valence-corrected chi connectivity index (χ2v) is 4.15. The lowest BCUT2D eigenvalue weighted by atomic mass is 10.2. The van der Waals surface area contributed by atoms with E-state index in [4.69, 9.17) is 14.3 Å². The van der Waals surface area contributed by atoms with Gasteiger partial charge in [-0.05, 0) is 6.92 Å². The smallest absolute Gasteiger partial charge is 0.328 e. The maximum absolute atomic E-state index is 11.9. The van der Waals surface area contributed by atoms with Crippen molar-refractivity contribution < 1.29 is 23.8 Å². The number of ether oxygens (including phenoxy) is 1. The van der Waals surface area contributed by atoms with Crippen LogP contribution in [0.25, 0.3) is 0 Å². The number of carbonyl (C=O) groups excluding carboxylic acids is 1. The van der Waals surface area contributed by atoms with Crippen LogP contribution in [0.15, 0.2) is 10.6 Å². The van der Waals surface area contributed by atoms with E-state index >= 15 is 0 Å². The van der Waals surface area contributed by atoms with Crippen LogP contribution >= 0.6 is 0 Å². The van der Waals surface area contributed by atoms with Gasteiger partial charge in [0, 0.05) is 6.54 Å². The van der Waals surface area contributed by atoms with Gasteiger partial charge < -0.3 is 24.5 Å². The Morgan fingerprint density at radius 1 is 1.63 bits per heavy atom. The molecule has 8 nitrogen and oxygen atoms in total. The molecule has 2 rings (SSSR count). The Balaban J connectivity index is 1.92. The van der Waals surface area contributed by atoms with E-state index in [1.54, 1.807) is 13.1 Å². The van der Waals surface area contributed by atoms with Gasteiger partial charge in [-0.1, -0.05) is 0 Å². The first-order valence-electron chi connectivity index (χ1n) is 5.84. The fraction of sp³-hybridized carbons (Fsp3) is 0.545. The van der Waals surface area contributed by atoms with Crippen LogP contribution in [0.4, 0.5) is 4.79 Å². The first kappa shape index (κ1) is 13.3. The van der Waals surface area contributed by atoms with Crippen LogP contribution in [0.1, 0.15) is 11.7 Å². The van der Waals surface area contributed by atoms with E-state index in [1.165, 1.54) is 4.90 Å². The monoisotopic (exact) mass is 269 g/mol. The molecule has 0 aromatic carbocycles. The van der Waals surface area contributed by atoms with E-state index in [0.29, 0.717) is 18.3 Å². The number of hydrogen-bond donors (Lipinski definition) is 2. The third-order valence-electron chi connectivity index (χ3n) is 2.73. The van der Waals surface area contributed by atoms with Gasteiger partial charge in [0.05, 0.1) is 26.0 Å². The molecule has 0 spiro atoms. The normalized spacial score (nSPS) is 19.2. The summed E-state index contributed by atoms with van der Waals surface area (Å²) in [6.07, 6.45) is 1.55. The van der Waals surface area contributed by atoms with Gasteiger partial charge in [-0.2, -0.15) is 0 Å². The highest BCUT2D eigenvalue weighted by atomic mass is 16.5. The molecule has 0 saturated carbocycles. The van der Waals surface area contributed by atoms with Crippen LogP contribution in [0.5, 0.6) is 0 Å². The summed E-state index contributed by atoms with van der Waals surface area (Å²) >= 11 is 0. The number of carbonyl (C=O) groups is 2. The minimum atomic E-state index is -1.08. The Morgan fingerprint density at radius 3 is 3.05 bits per heavy atom. The number of carboxylic acids is 1. The molecule has 1 unspecified atom stereocenters. The Labute approximate surface area is 109 Å². The molecule has 1 aliphatic heterocycles. The van der Waals surface area contributed by atoms with Crippen molar-refractivity contribution in [1.82, 2.24) is 15.2 Å². The second kappa shape index (κ2) is 5.70. The van der Waals surface area contributed by atoms with Crippen LogP contribution in [-0.4, -0.2) is 52.8 Å². The summed E-state index contributed by atoms with van der Waals surface area (Å²) < 4.78 is 10.3. The van der Waals surface area contributed by atoms with E-state index in [1.807, 2.05) is 0 Å². The van der Waals surface area contributed by atoms with Crippen molar-refractivity contribution in [2.45, 2.75) is 19.5 Å². The highest BCUT2D eigenvalue weighted by molar-refractivity contribution is 5.82. The van der Waals surface area contributed by atoms with Gasteiger partial charge in [-0.3, -0.25) is 0 Å². The van der Waals surface area contributed by atoms with Crippen molar-refractivity contribution in [3.63, 3.8) is 0 Å². The highest BCUT2D eigenvalue weighted by Gasteiger charge is 2.32. The fourth-order valence-corrected chi connectivity index (χ4v) is 1.79. The van der Waals surface area contributed by atoms with Gasteiger partial charge >= 0.3 is 12.0 Å². The molecule has 0 bridgehead atoms. The quantitative estimate of drug-likeness (QED) is 0.798. The lowest BCUT2D eigenvalue weighted by molar-refractivity contribution is -0.147. The molecule has 1 atom stereocenters. The lowest BCUT2D eigenvalue weighted by Gasteiger charge is -2.32. The van der Waals surface area contributed by atoms with Crippen LogP contribution in [0.2, 0.25) is 0 Å². The van der Waals surface area contributed by atoms with Gasteiger partial charge in [0.25, 0.3) is 0 Å². The number of nitrogens with one attached hydrogen (secondary N) is 1. The molecule has 8 heteroatoms. The molecule has 1 aromatic rings. The van der Waals surface area contributed by atoms with E-state index in [9.17, 15) is 9.59 Å². The number of oxazole rings is 1. The Bertz CT molecular complexity index is 473. The summed E-state index contributed by atoms with van der Waals surface area (Å²) in [4.78, 5) is 28.1. The van der Waals surface area contributed by atoms with Gasteiger partial charge in [0.1, 0.15) is 5.76 Å². The average Bonchev–Trinajstić information content (AvgIpc) is 2.81. The Kier molecular flexibility index (Phi) is 4.00. The third kappa shape index (κ3) is 3.22. The van der Waals surface area contributed by atoms with E-state index < -0.39 is 18.0 Å². The largest absolute Gasteiger partial charge is 0.480 e. The van der Waals surface area contributed by atoms with E-state index in [2.05, 4.69) is 10.3 Å². The summed E-state index contributed by atoms with van der Waals surface area (Å²) in [7, 11) is 0. The minimum Gasteiger partial charge on any atom is -0.480 e. The van der Waals surface area contributed by atoms with Gasteiger partial charge in [0.2, 0.25) is 5.89 Å². The summed E-state index contributed by atoms with van der Waals surface area (Å²) in [5.41, 5.74) is 0. The fourth-order valence-electron chi connectivity index (χ4n) is 1.79. The zero-order valence-electron chi connectivity index (χ0n) is 10.5. The Hall–Kier alpha value is -2.09. The van der Waals surface area contributed by atoms with Crippen LogP contribution in [0.3, 0.4) is 0 Å². The molecule has 104 valence electrons. The maximum atomic E-state index is 11.9. The van der Waals surface area contributed by atoms with Gasteiger partial charge in [-0.15, -0.1) is 0 Å². The zero-order valence-corrected chi connectivity index (χ0v) is 10.5. The topological polar surface area (TPSA) is 105 Å². The number of aromatic nitrogens is 1. The zero-order chi connectivity index (χ0) is 13.8. The van der Waals surface area contributed by atoms with Crippen molar-refractivity contribution in [3.8, 4) is 0 Å². The van der Waals surface area contributed by atoms with Crippen molar-refractivity contribution in [3.05, 3.63) is 17.8 Å². The number of aliphatic carboxylic acids is 1. The first-order chi connectivity index (χ1) is 9.08. The Morgan fingerprint density at radius 2 is 2.42 bits per heavy atom. The number of amides is 2. The minimum absolute atomic E-state index is 0.000857. The SMILES string of the molecule is Cc1cnc(CNC(=O)N2CCOCC2C(=O)O)o1. The molecule has 1 fully saturated rings. The molecular weight excluding hydrogens is 254 g/mol. The number of carboxylic acid groups (broad SMARTS) is 1. The average molecular weight is 269 g/mol. The van der Waals surface area contributed by atoms with Crippen molar-refractivity contribution in [2.75, 3.05) is 19.8 Å². The summed E-state index contributed by atoms with van der Waals surface area (Å²) in [6, 6.07) is -1.42. The number of nitrogens with zero attached hydrogens (tertiary/aromatic N) is 2. The summed E-state index contributed by atoms with van der Waals surface area (Å²) in [6.45, 7) is 2.45. The van der Waals surface area contributed by atoms with E-state index in [-0.39, 0.29) is 19.7 Å². The molecule has 2 N–H and O–H groups in total. The molecular formula is C11H15N3O5. The summed E-state index contributed by atoms with van der Waals surface area (Å²) in [5, 5.41) is 11.6. The first-order valence-corrected chi connectivity index (χ1v) is 5.84. The number of rotatable bonds is 3. The molecule has 0 aliphatic carbocycles. The van der Waals surface area contributed by atoms with E-state index in [0.717, 1.165) is 0 Å². The number of hydrogen-bond acceptors (Lipinski definition) is 5.